The molecule has 2 heterocycles. The number of carboxylic acid groups (broad SMARTS) is 2. The molecule has 1 aliphatic heterocycles. The second kappa shape index (κ2) is 9.20. The number of benzene rings is 3. The largest absolute Gasteiger partial charge is 0.478 e. The number of amides is 2. The summed E-state index contributed by atoms with van der Waals surface area (Å²) in [6, 6.07) is 20.3. The minimum atomic E-state index is -1.27. The van der Waals surface area contributed by atoms with Gasteiger partial charge in [0.15, 0.2) is 0 Å². The molecule has 4 aromatic rings. The molecule has 1 saturated heterocycles. The number of hydrogen-bond acceptors (Lipinski definition) is 6. The number of thioether (sulfide) groups is 1. The topological polar surface area (TPSA) is 125 Å². The summed E-state index contributed by atoms with van der Waals surface area (Å²) >= 11 is 0.800. The number of furan rings is 1. The Kier molecular flexibility index (Phi) is 5.91. The normalized spacial score (nSPS) is 14.7. The quantitative estimate of drug-likeness (QED) is 0.322. The third kappa shape index (κ3) is 4.51. The minimum absolute atomic E-state index is 0.135. The van der Waals surface area contributed by atoms with Crippen molar-refractivity contribution in [3.63, 3.8) is 0 Å². The van der Waals surface area contributed by atoms with Gasteiger partial charge >= 0.3 is 11.9 Å². The zero-order valence-corrected chi connectivity index (χ0v) is 19.3. The average Bonchev–Trinajstić information content (AvgIpc) is 3.44. The van der Waals surface area contributed by atoms with Crippen LogP contribution in [0.25, 0.3) is 28.2 Å². The van der Waals surface area contributed by atoms with Crippen molar-refractivity contribution in [2.75, 3.05) is 0 Å². The zero-order chi connectivity index (χ0) is 25.4. The number of carbonyl (C=O) groups excluding carboxylic acids is 2. The number of carbonyl (C=O) groups is 4. The van der Waals surface area contributed by atoms with Gasteiger partial charge in [-0.1, -0.05) is 36.4 Å². The Morgan fingerprint density at radius 1 is 0.861 bits per heavy atom. The summed E-state index contributed by atoms with van der Waals surface area (Å²) in [7, 11) is 0. The fourth-order valence-corrected chi connectivity index (χ4v) is 4.71. The molecule has 9 heteroatoms. The first-order chi connectivity index (χ1) is 17.3. The van der Waals surface area contributed by atoms with Crippen LogP contribution in [0.1, 0.15) is 32.0 Å². The average molecular weight is 500 g/mol. The second-order valence-electron chi connectivity index (χ2n) is 8.06. The summed E-state index contributed by atoms with van der Waals surface area (Å²) in [6.07, 6.45) is 1.44. The highest BCUT2D eigenvalue weighted by atomic mass is 32.2. The van der Waals surface area contributed by atoms with Crippen LogP contribution in [0.4, 0.5) is 4.79 Å². The molecule has 2 N–H and O–H groups in total. The van der Waals surface area contributed by atoms with E-state index in [-0.39, 0.29) is 39.7 Å². The van der Waals surface area contributed by atoms with Crippen molar-refractivity contribution in [3.05, 3.63) is 100 Å². The van der Waals surface area contributed by atoms with Crippen molar-refractivity contribution in [1.82, 2.24) is 4.90 Å². The van der Waals surface area contributed by atoms with E-state index in [1.807, 2.05) is 42.5 Å². The summed E-state index contributed by atoms with van der Waals surface area (Å²) < 4.78 is 5.73. The summed E-state index contributed by atoms with van der Waals surface area (Å²) in [5.41, 5.74) is 0.691. The molecule has 1 fully saturated rings. The summed E-state index contributed by atoms with van der Waals surface area (Å²) in [4.78, 5) is 49.6. The molecule has 0 unspecified atom stereocenters. The first-order valence-corrected chi connectivity index (χ1v) is 11.5. The molecule has 8 nitrogen and oxygen atoms in total. The van der Waals surface area contributed by atoms with Gasteiger partial charge in [0.05, 0.1) is 22.6 Å². The Labute approximate surface area is 208 Å². The molecule has 3 aromatic carbocycles. The number of nitrogens with zero attached hydrogens (tertiary/aromatic N) is 1. The van der Waals surface area contributed by atoms with E-state index in [0.717, 1.165) is 34.2 Å². The number of rotatable bonds is 6. The first-order valence-electron chi connectivity index (χ1n) is 10.7. The molecule has 1 aliphatic rings. The third-order valence-corrected chi connectivity index (χ3v) is 6.55. The van der Waals surface area contributed by atoms with Crippen molar-refractivity contribution in [2.45, 2.75) is 6.54 Å². The van der Waals surface area contributed by atoms with E-state index < -0.39 is 23.1 Å². The molecular weight excluding hydrogens is 482 g/mol. The van der Waals surface area contributed by atoms with E-state index in [1.165, 1.54) is 29.2 Å². The Bertz CT molecular complexity index is 1570. The zero-order valence-electron chi connectivity index (χ0n) is 18.5. The molecule has 0 saturated carbocycles. The number of aromatic carboxylic acids is 2. The maximum Gasteiger partial charge on any atom is 0.335 e. The van der Waals surface area contributed by atoms with E-state index in [2.05, 4.69) is 0 Å². The number of fused-ring (bicyclic) bond motifs is 1. The lowest BCUT2D eigenvalue weighted by molar-refractivity contribution is -0.123. The maximum absolute atomic E-state index is 12.9. The molecule has 0 radical (unpaired) electrons. The molecule has 5 rings (SSSR count). The van der Waals surface area contributed by atoms with Gasteiger partial charge in [0.2, 0.25) is 0 Å². The van der Waals surface area contributed by atoms with Crippen molar-refractivity contribution in [1.29, 1.82) is 0 Å². The molecule has 178 valence electrons. The van der Waals surface area contributed by atoms with Gasteiger partial charge in [0.25, 0.3) is 11.1 Å². The summed E-state index contributed by atoms with van der Waals surface area (Å²) in [6.45, 7) is 0.135. The highest BCUT2D eigenvalue weighted by molar-refractivity contribution is 8.18. The molecule has 36 heavy (non-hydrogen) atoms. The van der Waals surface area contributed by atoms with Gasteiger partial charge in [-0.05, 0) is 64.5 Å². The molecule has 0 aliphatic carbocycles. The molecule has 0 bridgehead atoms. The minimum Gasteiger partial charge on any atom is -0.478 e. The van der Waals surface area contributed by atoms with Crippen LogP contribution in [0.3, 0.4) is 0 Å². The van der Waals surface area contributed by atoms with Crippen LogP contribution in [0.15, 0.2) is 82.1 Å². The van der Waals surface area contributed by atoms with E-state index in [0.29, 0.717) is 0 Å². The van der Waals surface area contributed by atoms with E-state index in [1.54, 1.807) is 6.07 Å². The molecular formula is C27H17NO7S. The van der Waals surface area contributed by atoms with Crippen molar-refractivity contribution < 1.29 is 33.8 Å². The third-order valence-electron chi connectivity index (χ3n) is 5.64. The number of hydrogen-bond donors (Lipinski definition) is 2. The van der Waals surface area contributed by atoms with Crippen LogP contribution in [0.5, 0.6) is 0 Å². The summed E-state index contributed by atoms with van der Waals surface area (Å²) in [5, 5.41) is 20.2. The lowest BCUT2D eigenvalue weighted by atomic mass is 10.0. The lowest BCUT2D eigenvalue weighted by Crippen LogP contribution is -2.27. The van der Waals surface area contributed by atoms with Crippen molar-refractivity contribution >= 4 is 51.7 Å². The van der Waals surface area contributed by atoms with Crippen LogP contribution in [0.2, 0.25) is 0 Å². The van der Waals surface area contributed by atoms with Gasteiger partial charge < -0.3 is 14.6 Å². The Balaban J connectivity index is 1.38. The predicted octanol–water partition coefficient (Wildman–Crippen LogP) is 5.73. The monoisotopic (exact) mass is 499 g/mol. The second-order valence-corrected chi connectivity index (χ2v) is 9.05. The van der Waals surface area contributed by atoms with E-state index in [4.69, 9.17) is 4.42 Å². The van der Waals surface area contributed by atoms with Gasteiger partial charge in [0.1, 0.15) is 11.5 Å². The number of imide groups is 1. The van der Waals surface area contributed by atoms with Crippen molar-refractivity contribution in [2.24, 2.45) is 0 Å². The van der Waals surface area contributed by atoms with E-state index >= 15 is 0 Å². The highest BCUT2D eigenvalue weighted by Crippen LogP contribution is 2.35. The van der Waals surface area contributed by atoms with Crippen LogP contribution >= 0.6 is 11.8 Å². The Morgan fingerprint density at radius 3 is 2.25 bits per heavy atom. The summed E-state index contributed by atoms with van der Waals surface area (Å²) in [5.74, 6) is -2.50. The Hall–Kier alpha value is -4.63. The van der Waals surface area contributed by atoms with Gasteiger partial charge in [-0.15, -0.1) is 0 Å². The van der Waals surface area contributed by atoms with Crippen LogP contribution < -0.4 is 0 Å². The van der Waals surface area contributed by atoms with Crippen LogP contribution in [-0.2, 0) is 11.3 Å². The fourth-order valence-electron chi connectivity index (χ4n) is 3.89. The first kappa shape index (κ1) is 23.1. The van der Waals surface area contributed by atoms with E-state index in [9.17, 15) is 29.4 Å². The lowest BCUT2D eigenvalue weighted by Gasteiger charge is -2.13. The van der Waals surface area contributed by atoms with Gasteiger partial charge in [-0.2, -0.15) is 0 Å². The van der Waals surface area contributed by atoms with Gasteiger partial charge in [-0.25, -0.2) is 9.59 Å². The smallest absolute Gasteiger partial charge is 0.335 e. The molecule has 2 amide bonds. The molecule has 1 aromatic heterocycles. The molecule has 0 spiro atoms. The number of carboxylic acids is 2. The van der Waals surface area contributed by atoms with Crippen molar-refractivity contribution in [3.8, 4) is 11.3 Å². The SMILES string of the molecule is O=C(O)c1cc(C(=O)O)cc(-c2ccc(/C=C3\SC(=O)N(Cc4ccc5ccccc5c4)C3=O)o2)c1. The van der Waals surface area contributed by atoms with Crippen LogP contribution in [0, 0.1) is 0 Å². The maximum atomic E-state index is 12.9. The standard InChI is InChI=1S/C27H17NO7S/c29-24-23(36-27(34)28(24)14-15-5-6-16-3-1-2-4-17(16)9-15)13-21-7-8-22(35-21)18-10-19(25(30)31)12-20(11-18)26(32)33/h1-13H,14H2,(H,30,31)(H,32,33)/b23-13-. The predicted molar refractivity (Wildman–Crippen MR) is 134 cm³/mol. The van der Waals surface area contributed by atoms with Crippen LogP contribution in [-0.4, -0.2) is 38.2 Å². The molecule has 0 atom stereocenters. The van der Waals surface area contributed by atoms with Gasteiger partial charge in [-0.3, -0.25) is 14.5 Å². The Morgan fingerprint density at radius 2 is 1.56 bits per heavy atom. The van der Waals surface area contributed by atoms with Gasteiger partial charge in [0, 0.05) is 11.6 Å². The highest BCUT2D eigenvalue weighted by Gasteiger charge is 2.35. The fraction of sp³-hybridized carbons (Fsp3) is 0.0370.